The Kier molecular flexibility index (Phi) is 4.55. The van der Waals surface area contributed by atoms with Gasteiger partial charge in [-0.1, -0.05) is 6.92 Å². The number of hydrogen-bond acceptors (Lipinski definition) is 5. The van der Waals surface area contributed by atoms with Gasteiger partial charge in [0, 0.05) is 6.54 Å². The molecule has 0 radical (unpaired) electrons. The zero-order valence-corrected chi connectivity index (χ0v) is 12.7. The lowest BCUT2D eigenvalue weighted by Crippen LogP contribution is -2.31. The van der Waals surface area contributed by atoms with Gasteiger partial charge in [0.2, 0.25) is 5.75 Å². The average Bonchev–Trinajstić information content (AvgIpc) is 2.76. The molecule has 0 aromatic heterocycles. The molecule has 7 heteroatoms. The number of imide groups is 1. The molecular formula is C15H18N2O5. The van der Waals surface area contributed by atoms with Gasteiger partial charge >= 0.3 is 6.03 Å². The van der Waals surface area contributed by atoms with Crippen LogP contribution in [0.25, 0.3) is 6.08 Å². The molecule has 3 amide bonds. The van der Waals surface area contributed by atoms with Crippen molar-refractivity contribution in [1.82, 2.24) is 10.2 Å². The van der Waals surface area contributed by atoms with E-state index in [2.05, 4.69) is 5.32 Å². The predicted octanol–water partition coefficient (Wildman–Crippen LogP) is 1.71. The SMILES string of the molecule is CCCN1C(=O)N/C(=C/c2cc(OC)c(O)c(OC)c2)C1=O. The third-order valence-corrected chi connectivity index (χ3v) is 3.22. The van der Waals surface area contributed by atoms with Crippen LogP contribution in [0.3, 0.4) is 0 Å². The van der Waals surface area contributed by atoms with Gasteiger partial charge in [-0.25, -0.2) is 4.79 Å². The van der Waals surface area contributed by atoms with Crippen LogP contribution in [0.15, 0.2) is 17.8 Å². The molecule has 0 atom stereocenters. The van der Waals surface area contributed by atoms with Gasteiger partial charge in [0.15, 0.2) is 11.5 Å². The minimum atomic E-state index is -0.434. The van der Waals surface area contributed by atoms with Crippen molar-refractivity contribution in [2.24, 2.45) is 0 Å². The van der Waals surface area contributed by atoms with E-state index in [4.69, 9.17) is 9.47 Å². The number of rotatable bonds is 5. The average molecular weight is 306 g/mol. The number of nitrogens with zero attached hydrogens (tertiary/aromatic N) is 1. The second-order valence-electron chi connectivity index (χ2n) is 4.72. The van der Waals surface area contributed by atoms with E-state index in [1.165, 1.54) is 20.3 Å². The number of methoxy groups -OCH3 is 2. The summed E-state index contributed by atoms with van der Waals surface area (Å²) >= 11 is 0. The number of urea groups is 1. The Morgan fingerprint density at radius 2 is 1.82 bits per heavy atom. The number of nitrogens with one attached hydrogen (secondary N) is 1. The summed E-state index contributed by atoms with van der Waals surface area (Å²) in [5.41, 5.74) is 0.738. The lowest BCUT2D eigenvalue weighted by molar-refractivity contribution is -0.122. The van der Waals surface area contributed by atoms with Crippen molar-refractivity contribution in [1.29, 1.82) is 0 Å². The van der Waals surface area contributed by atoms with Gasteiger partial charge in [-0.05, 0) is 30.2 Å². The molecule has 7 nitrogen and oxygen atoms in total. The molecule has 1 aliphatic heterocycles. The van der Waals surface area contributed by atoms with Crippen LogP contribution in [-0.2, 0) is 4.79 Å². The molecule has 0 unspecified atom stereocenters. The summed E-state index contributed by atoms with van der Waals surface area (Å²) in [7, 11) is 2.83. The normalized spacial score (nSPS) is 16.1. The minimum absolute atomic E-state index is 0.124. The first-order valence-corrected chi connectivity index (χ1v) is 6.81. The fourth-order valence-electron chi connectivity index (χ4n) is 2.16. The molecule has 0 aliphatic carbocycles. The van der Waals surface area contributed by atoms with E-state index in [0.717, 1.165) is 4.90 Å². The fourth-order valence-corrected chi connectivity index (χ4v) is 2.16. The Labute approximate surface area is 128 Å². The Balaban J connectivity index is 2.37. The van der Waals surface area contributed by atoms with Crippen molar-refractivity contribution in [3.8, 4) is 17.2 Å². The van der Waals surface area contributed by atoms with Gasteiger partial charge in [0.1, 0.15) is 5.70 Å². The first kappa shape index (κ1) is 15.7. The quantitative estimate of drug-likeness (QED) is 0.638. The maximum atomic E-state index is 12.1. The molecule has 1 aliphatic rings. The standard InChI is InChI=1S/C15H18N2O5/c1-4-5-17-14(19)10(16-15(17)20)6-9-7-11(21-2)13(18)12(8-9)22-3/h6-8,18H,4-5H2,1-3H3,(H,16,20)/b10-6+. The Bertz CT molecular complexity index is 614. The van der Waals surface area contributed by atoms with Crippen LogP contribution in [0, 0.1) is 0 Å². The van der Waals surface area contributed by atoms with E-state index in [0.29, 0.717) is 18.5 Å². The Morgan fingerprint density at radius 1 is 1.23 bits per heavy atom. The summed E-state index contributed by atoms with van der Waals surface area (Å²) in [5.74, 6) is -0.0684. The monoisotopic (exact) mass is 306 g/mol. The first-order valence-electron chi connectivity index (χ1n) is 6.81. The van der Waals surface area contributed by atoms with E-state index in [9.17, 15) is 14.7 Å². The number of phenols is 1. The molecule has 22 heavy (non-hydrogen) atoms. The van der Waals surface area contributed by atoms with Crippen LogP contribution < -0.4 is 14.8 Å². The van der Waals surface area contributed by atoms with E-state index in [1.807, 2.05) is 6.92 Å². The van der Waals surface area contributed by atoms with Gasteiger partial charge in [0.05, 0.1) is 14.2 Å². The molecule has 1 saturated heterocycles. The highest BCUT2D eigenvalue weighted by Gasteiger charge is 2.32. The maximum absolute atomic E-state index is 12.1. The smallest absolute Gasteiger partial charge is 0.329 e. The van der Waals surface area contributed by atoms with Crippen molar-refractivity contribution in [3.05, 3.63) is 23.4 Å². The van der Waals surface area contributed by atoms with Crippen molar-refractivity contribution in [2.45, 2.75) is 13.3 Å². The number of benzene rings is 1. The van der Waals surface area contributed by atoms with Gasteiger partial charge in [-0.3, -0.25) is 9.69 Å². The van der Waals surface area contributed by atoms with Crippen LogP contribution in [0.4, 0.5) is 4.79 Å². The zero-order chi connectivity index (χ0) is 16.3. The van der Waals surface area contributed by atoms with Gasteiger partial charge < -0.3 is 19.9 Å². The van der Waals surface area contributed by atoms with Crippen LogP contribution in [0.1, 0.15) is 18.9 Å². The van der Waals surface area contributed by atoms with Gasteiger partial charge in [-0.15, -0.1) is 0 Å². The molecular weight excluding hydrogens is 288 g/mol. The second-order valence-corrected chi connectivity index (χ2v) is 4.72. The summed E-state index contributed by atoms with van der Waals surface area (Å²) in [6.45, 7) is 2.25. The first-order chi connectivity index (χ1) is 10.5. The Hall–Kier alpha value is -2.70. The molecule has 0 saturated carbocycles. The number of carbonyl (C=O) groups is 2. The van der Waals surface area contributed by atoms with E-state index < -0.39 is 6.03 Å². The van der Waals surface area contributed by atoms with Crippen molar-refractivity contribution < 1.29 is 24.2 Å². The van der Waals surface area contributed by atoms with E-state index >= 15 is 0 Å². The number of amides is 3. The summed E-state index contributed by atoms with van der Waals surface area (Å²) < 4.78 is 10.1. The summed E-state index contributed by atoms with van der Waals surface area (Å²) in [6, 6.07) is 2.66. The molecule has 2 rings (SSSR count). The molecule has 1 heterocycles. The highest BCUT2D eigenvalue weighted by Crippen LogP contribution is 2.37. The molecule has 1 fully saturated rings. The van der Waals surface area contributed by atoms with Crippen molar-refractivity contribution >= 4 is 18.0 Å². The highest BCUT2D eigenvalue weighted by molar-refractivity contribution is 6.14. The van der Waals surface area contributed by atoms with Crippen LogP contribution in [-0.4, -0.2) is 42.7 Å². The fraction of sp³-hybridized carbons (Fsp3) is 0.333. The Morgan fingerprint density at radius 3 is 2.32 bits per heavy atom. The lowest BCUT2D eigenvalue weighted by Gasteiger charge is -2.10. The highest BCUT2D eigenvalue weighted by atomic mass is 16.5. The third kappa shape index (κ3) is 2.83. The number of ether oxygens (including phenoxy) is 2. The van der Waals surface area contributed by atoms with E-state index in [-0.39, 0.29) is 28.9 Å². The molecule has 2 N–H and O–H groups in total. The number of hydrogen-bond donors (Lipinski definition) is 2. The lowest BCUT2D eigenvalue weighted by atomic mass is 10.1. The topological polar surface area (TPSA) is 88.1 Å². The van der Waals surface area contributed by atoms with Crippen LogP contribution in [0.5, 0.6) is 17.2 Å². The van der Waals surface area contributed by atoms with Crippen molar-refractivity contribution in [2.75, 3.05) is 20.8 Å². The van der Waals surface area contributed by atoms with E-state index in [1.54, 1.807) is 12.1 Å². The van der Waals surface area contributed by atoms with Gasteiger partial charge in [0.25, 0.3) is 5.91 Å². The molecule has 1 aromatic rings. The number of aromatic hydroxyl groups is 1. The van der Waals surface area contributed by atoms with Crippen molar-refractivity contribution in [3.63, 3.8) is 0 Å². The maximum Gasteiger partial charge on any atom is 0.329 e. The van der Waals surface area contributed by atoms with Crippen LogP contribution in [0.2, 0.25) is 0 Å². The number of phenolic OH excluding ortho intramolecular Hbond substituents is 1. The summed E-state index contributed by atoms with van der Waals surface area (Å²) in [4.78, 5) is 25.0. The predicted molar refractivity (Wildman–Crippen MR) is 79.7 cm³/mol. The minimum Gasteiger partial charge on any atom is -0.502 e. The van der Waals surface area contributed by atoms with Crippen LogP contribution >= 0.6 is 0 Å². The molecule has 118 valence electrons. The zero-order valence-electron chi connectivity index (χ0n) is 12.7. The molecule has 1 aromatic carbocycles. The van der Waals surface area contributed by atoms with Gasteiger partial charge in [-0.2, -0.15) is 0 Å². The molecule has 0 bridgehead atoms. The second kappa shape index (κ2) is 6.38. The summed E-state index contributed by atoms with van der Waals surface area (Å²) in [6.07, 6.45) is 2.20. The largest absolute Gasteiger partial charge is 0.502 e. The third-order valence-electron chi connectivity index (χ3n) is 3.22. The molecule has 0 spiro atoms. The number of carbonyl (C=O) groups excluding carboxylic acids is 2. The summed E-state index contributed by atoms with van der Waals surface area (Å²) in [5, 5.41) is 12.4.